The van der Waals surface area contributed by atoms with E-state index < -0.39 is 0 Å². The van der Waals surface area contributed by atoms with E-state index in [1.807, 2.05) is 60.0 Å². The monoisotopic (exact) mass is 515 g/mol. The highest BCUT2D eigenvalue weighted by atomic mass is 79.9. The third-order valence-corrected chi connectivity index (χ3v) is 6.77. The number of thiocarbonyl (C=S) groups is 1. The first kappa shape index (κ1) is 20.9. The predicted octanol–water partition coefficient (Wildman–Crippen LogP) is 5.41. The van der Waals surface area contributed by atoms with Crippen molar-refractivity contribution in [2.75, 3.05) is 11.9 Å². The van der Waals surface area contributed by atoms with Crippen LogP contribution in [-0.2, 0) is 9.59 Å². The molecule has 0 radical (unpaired) electrons. The van der Waals surface area contributed by atoms with Crippen LogP contribution in [0.25, 0.3) is 17.3 Å². The highest BCUT2D eigenvalue weighted by Gasteiger charge is 2.33. The second-order valence-corrected chi connectivity index (χ2v) is 9.72. The Morgan fingerprint density at radius 3 is 2.77 bits per heavy atom. The quantitative estimate of drug-likeness (QED) is 0.363. The lowest BCUT2D eigenvalue weighted by Crippen LogP contribution is -2.36. The molecular weight excluding hydrogens is 502 g/mol. The molecule has 1 aliphatic heterocycles. The van der Waals surface area contributed by atoms with Crippen LogP contribution in [0.15, 0.2) is 69.4 Å². The number of hydrogen-bond donors (Lipinski definition) is 1. The van der Waals surface area contributed by atoms with Crippen LogP contribution in [0, 0.1) is 0 Å². The maximum Gasteiger partial charge on any atom is 0.266 e. The maximum atomic E-state index is 12.7. The molecule has 3 aromatic rings. The van der Waals surface area contributed by atoms with Crippen LogP contribution < -0.4 is 5.32 Å². The van der Waals surface area contributed by atoms with Crippen molar-refractivity contribution in [3.8, 4) is 11.3 Å². The predicted molar refractivity (Wildman–Crippen MR) is 130 cm³/mol. The van der Waals surface area contributed by atoms with Crippen LogP contribution in [0.1, 0.15) is 5.56 Å². The Bertz CT molecular complexity index is 1160. The topological polar surface area (TPSA) is 62.3 Å². The largest absolute Gasteiger partial charge is 0.300 e. The summed E-state index contributed by atoms with van der Waals surface area (Å²) in [7, 11) is 0. The molecule has 1 aromatic heterocycles. The fraction of sp³-hybridized carbons (Fsp3) is 0.0476. The number of thiazole rings is 1. The molecule has 1 N–H and O–H groups in total. The van der Waals surface area contributed by atoms with Gasteiger partial charge in [0.15, 0.2) is 5.13 Å². The summed E-state index contributed by atoms with van der Waals surface area (Å²) in [5.41, 5.74) is 2.65. The fourth-order valence-corrected chi connectivity index (χ4v) is 5.17. The van der Waals surface area contributed by atoms with Crippen molar-refractivity contribution in [2.45, 2.75) is 0 Å². The van der Waals surface area contributed by atoms with E-state index >= 15 is 0 Å². The van der Waals surface area contributed by atoms with E-state index in [0.29, 0.717) is 14.4 Å². The van der Waals surface area contributed by atoms with Gasteiger partial charge in [0.1, 0.15) is 10.9 Å². The zero-order chi connectivity index (χ0) is 21.1. The molecule has 2 heterocycles. The van der Waals surface area contributed by atoms with E-state index in [0.717, 1.165) is 21.3 Å². The van der Waals surface area contributed by atoms with Crippen LogP contribution in [-0.4, -0.2) is 32.6 Å². The number of benzene rings is 2. The van der Waals surface area contributed by atoms with Gasteiger partial charge in [0, 0.05) is 15.4 Å². The van der Waals surface area contributed by atoms with Gasteiger partial charge in [-0.05, 0) is 23.8 Å². The van der Waals surface area contributed by atoms with E-state index in [-0.39, 0.29) is 18.4 Å². The minimum absolute atomic E-state index is 0.152. The molecular formula is C21H14BrN3O2S3. The highest BCUT2D eigenvalue weighted by Crippen LogP contribution is 2.33. The van der Waals surface area contributed by atoms with Crippen LogP contribution in [0.2, 0.25) is 0 Å². The Morgan fingerprint density at radius 1 is 1.20 bits per heavy atom. The van der Waals surface area contributed by atoms with Crippen LogP contribution >= 0.6 is 51.2 Å². The summed E-state index contributed by atoms with van der Waals surface area (Å²) in [4.78, 5) is 31.5. The summed E-state index contributed by atoms with van der Waals surface area (Å²) < 4.78 is 1.28. The summed E-state index contributed by atoms with van der Waals surface area (Å²) in [6, 6.07) is 17.3. The second-order valence-electron chi connectivity index (χ2n) is 6.27. The minimum atomic E-state index is -0.344. The van der Waals surface area contributed by atoms with Crippen molar-refractivity contribution in [1.29, 1.82) is 0 Å². The Hall–Kier alpha value is -2.33. The molecule has 0 atom stereocenters. The summed E-state index contributed by atoms with van der Waals surface area (Å²) >= 11 is 11.3. The number of amides is 2. The zero-order valence-electron chi connectivity index (χ0n) is 15.4. The summed E-state index contributed by atoms with van der Waals surface area (Å²) in [5, 5.41) is 5.11. The Labute approximate surface area is 195 Å². The van der Waals surface area contributed by atoms with Crippen LogP contribution in [0.3, 0.4) is 0 Å². The first-order valence-corrected chi connectivity index (χ1v) is 11.7. The van der Waals surface area contributed by atoms with Crippen LogP contribution in [0.5, 0.6) is 0 Å². The van der Waals surface area contributed by atoms with Gasteiger partial charge in [0.2, 0.25) is 5.91 Å². The number of hydrogen-bond acceptors (Lipinski definition) is 6. The summed E-state index contributed by atoms with van der Waals surface area (Å²) in [5.74, 6) is -0.617. The van der Waals surface area contributed by atoms with Crippen molar-refractivity contribution in [3.05, 3.63) is 74.9 Å². The van der Waals surface area contributed by atoms with Gasteiger partial charge in [0.25, 0.3) is 5.91 Å². The third-order valence-electron chi connectivity index (χ3n) is 4.14. The molecule has 1 saturated heterocycles. The van der Waals surface area contributed by atoms with Gasteiger partial charge >= 0.3 is 0 Å². The molecule has 9 heteroatoms. The Kier molecular flexibility index (Phi) is 6.43. The van der Waals surface area contributed by atoms with Gasteiger partial charge < -0.3 is 5.32 Å². The number of nitrogens with one attached hydrogen (secondary N) is 1. The summed E-state index contributed by atoms with van der Waals surface area (Å²) in [6.45, 7) is -0.152. The number of aromatic nitrogens is 1. The number of halogens is 1. The standard InChI is InChI=1S/C21H14BrN3O2S3/c22-15-8-4-5-13(9-15)10-17-19(27)25(21(28)30-17)11-18(26)24-20-23-16(12-29-20)14-6-2-1-3-7-14/h1-10,12H,11H2,(H,23,24,26)/b17-10-. The molecule has 1 aliphatic rings. The second kappa shape index (κ2) is 9.22. The SMILES string of the molecule is O=C(CN1C(=O)/C(=C/c2cccc(Br)c2)SC1=S)Nc1nc(-c2ccccc2)cs1. The molecule has 1 fully saturated rings. The molecule has 30 heavy (non-hydrogen) atoms. The molecule has 0 saturated carbocycles. The number of thioether (sulfide) groups is 1. The third kappa shape index (κ3) is 4.86. The number of nitrogens with zero attached hydrogens (tertiary/aromatic N) is 2. The van der Waals surface area contributed by atoms with Crippen molar-refractivity contribution in [2.24, 2.45) is 0 Å². The van der Waals surface area contributed by atoms with Gasteiger partial charge in [-0.25, -0.2) is 4.98 Å². The van der Waals surface area contributed by atoms with Gasteiger partial charge in [-0.15, -0.1) is 11.3 Å². The maximum absolute atomic E-state index is 12.7. The van der Waals surface area contributed by atoms with Gasteiger partial charge in [-0.2, -0.15) is 0 Å². The lowest BCUT2D eigenvalue weighted by Gasteiger charge is -2.13. The number of rotatable bonds is 5. The first-order chi connectivity index (χ1) is 14.5. The van der Waals surface area contributed by atoms with Gasteiger partial charge in [0.05, 0.1) is 10.6 Å². The summed E-state index contributed by atoms with van der Waals surface area (Å²) in [6.07, 6.45) is 1.77. The highest BCUT2D eigenvalue weighted by molar-refractivity contribution is 9.10. The zero-order valence-corrected chi connectivity index (χ0v) is 19.4. The Morgan fingerprint density at radius 2 is 2.00 bits per heavy atom. The van der Waals surface area contributed by atoms with E-state index in [9.17, 15) is 9.59 Å². The van der Waals surface area contributed by atoms with Crippen molar-refractivity contribution in [1.82, 2.24) is 9.88 Å². The lowest BCUT2D eigenvalue weighted by atomic mass is 10.2. The first-order valence-electron chi connectivity index (χ1n) is 8.81. The van der Waals surface area contributed by atoms with Crippen molar-refractivity contribution in [3.63, 3.8) is 0 Å². The van der Waals surface area contributed by atoms with Crippen molar-refractivity contribution >= 4 is 78.6 Å². The molecule has 0 bridgehead atoms. The van der Waals surface area contributed by atoms with E-state index in [2.05, 4.69) is 26.2 Å². The number of carbonyl (C=O) groups excluding carboxylic acids is 2. The molecule has 4 rings (SSSR count). The van der Waals surface area contributed by atoms with Gasteiger partial charge in [-0.3, -0.25) is 14.5 Å². The van der Waals surface area contributed by atoms with E-state index in [1.54, 1.807) is 6.08 Å². The van der Waals surface area contributed by atoms with Crippen molar-refractivity contribution < 1.29 is 9.59 Å². The van der Waals surface area contributed by atoms with E-state index in [4.69, 9.17) is 12.2 Å². The van der Waals surface area contributed by atoms with Gasteiger partial charge in [-0.1, -0.05) is 82.4 Å². The molecule has 0 unspecified atom stereocenters. The fourth-order valence-electron chi connectivity index (χ4n) is 2.76. The van der Waals surface area contributed by atoms with Crippen LogP contribution in [0.4, 0.5) is 5.13 Å². The Balaban J connectivity index is 1.42. The molecule has 2 amide bonds. The average Bonchev–Trinajstić information content (AvgIpc) is 3.29. The minimum Gasteiger partial charge on any atom is -0.300 e. The molecule has 150 valence electrons. The average molecular weight is 516 g/mol. The molecule has 5 nitrogen and oxygen atoms in total. The smallest absolute Gasteiger partial charge is 0.266 e. The molecule has 2 aromatic carbocycles. The normalized spacial score (nSPS) is 15.1. The molecule has 0 spiro atoms. The van der Waals surface area contributed by atoms with E-state index in [1.165, 1.54) is 28.0 Å². The number of carbonyl (C=O) groups is 2. The lowest BCUT2D eigenvalue weighted by molar-refractivity contribution is -0.126. The molecule has 0 aliphatic carbocycles. The number of anilines is 1.